The lowest BCUT2D eigenvalue weighted by Crippen LogP contribution is -2.11. The number of aromatic nitrogens is 4. The predicted octanol–water partition coefficient (Wildman–Crippen LogP) is 5.90. The first kappa shape index (κ1) is 23.2. The molecular weight excluding hydrogens is 446 g/mol. The van der Waals surface area contributed by atoms with Crippen LogP contribution in [0.5, 0.6) is 0 Å². The number of anilines is 3. The molecule has 3 heterocycles. The summed E-state index contributed by atoms with van der Waals surface area (Å²) in [5.41, 5.74) is 6.68. The van der Waals surface area contributed by atoms with E-state index in [-0.39, 0.29) is 0 Å². The Morgan fingerprint density at radius 2 is 1.61 bits per heavy atom. The second-order valence-electron chi connectivity index (χ2n) is 8.82. The Hall–Kier alpha value is -4.52. The van der Waals surface area contributed by atoms with Gasteiger partial charge in [0.15, 0.2) is 5.82 Å². The van der Waals surface area contributed by atoms with Gasteiger partial charge in [-0.15, -0.1) is 0 Å². The fourth-order valence-electron chi connectivity index (χ4n) is 4.12. The van der Waals surface area contributed by atoms with Crippen LogP contribution in [0.2, 0.25) is 0 Å². The van der Waals surface area contributed by atoms with Crippen LogP contribution in [0, 0.1) is 0 Å². The maximum absolute atomic E-state index is 5.09. The number of imidazole rings is 1. The second kappa shape index (κ2) is 10.00. The largest absolute Gasteiger partial charge is 0.363 e. The fraction of sp³-hybridized carbons (Fsp3) is 0.172. The van der Waals surface area contributed by atoms with Gasteiger partial charge in [-0.3, -0.25) is 0 Å². The van der Waals surface area contributed by atoms with Crippen LogP contribution in [-0.4, -0.2) is 39.3 Å². The molecule has 0 bridgehead atoms. The minimum Gasteiger partial charge on any atom is -0.363 e. The summed E-state index contributed by atoms with van der Waals surface area (Å²) in [6, 6.07) is 24.5. The number of rotatable bonds is 7. The number of nitrogens with zero attached hydrogens (tertiary/aromatic N) is 6. The lowest BCUT2D eigenvalue weighted by molar-refractivity contribution is 0.947. The standard InChI is InChI=1S/C29H29N7/c1-5-20-16-26(35(2)3)30-18-23(20)32-25-17-24-28(31-19-36(24)4)29(33-25)34-27(21-12-8-6-9-13-21)22-14-10-7-11-15-22/h6-19H,5H2,1-4H3,(H,32,33). The predicted molar refractivity (Wildman–Crippen MR) is 148 cm³/mol. The van der Waals surface area contributed by atoms with Gasteiger partial charge in [0.25, 0.3) is 0 Å². The second-order valence-corrected chi connectivity index (χ2v) is 8.82. The fourth-order valence-corrected chi connectivity index (χ4v) is 4.12. The topological polar surface area (TPSA) is 71.2 Å². The van der Waals surface area contributed by atoms with Crippen molar-refractivity contribution in [1.82, 2.24) is 19.5 Å². The van der Waals surface area contributed by atoms with E-state index in [1.165, 1.54) is 5.56 Å². The summed E-state index contributed by atoms with van der Waals surface area (Å²) in [4.78, 5) is 21.2. The molecule has 0 spiro atoms. The molecule has 5 rings (SSSR count). The van der Waals surface area contributed by atoms with Crippen LogP contribution in [0.3, 0.4) is 0 Å². The van der Waals surface area contributed by atoms with Gasteiger partial charge in [0, 0.05) is 38.3 Å². The molecule has 0 aliphatic carbocycles. The summed E-state index contributed by atoms with van der Waals surface area (Å²) in [6.45, 7) is 2.14. The summed E-state index contributed by atoms with van der Waals surface area (Å²) in [5, 5.41) is 3.49. The molecule has 0 saturated carbocycles. The van der Waals surface area contributed by atoms with Crippen molar-refractivity contribution in [3.63, 3.8) is 0 Å². The van der Waals surface area contributed by atoms with E-state index in [1.807, 2.05) is 79.3 Å². The third-order valence-corrected chi connectivity index (χ3v) is 6.08. The molecule has 0 fully saturated rings. The van der Waals surface area contributed by atoms with Crippen LogP contribution in [-0.2, 0) is 13.5 Å². The van der Waals surface area contributed by atoms with Crippen molar-refractivity contribution >= 4 is 39.9 Å². The van der Waals surface area contributed by atoms with Gasteiger partial charge in [0.1, 0.15) is 17.2 Å². The van der Waals surface area contributed by atoms with Gasteiger partial charge in [-0.2, -0.15) is 0 Å². The van der Waals surface area contributed by atoms with E-state index in [2.05, 4.69) is 52.5 Å². The minimum absolute atomic E-state index is 0.564. The zero-order valence-corrected chi connectivity index (χ0v) is 21.0. The van der Waals surface area contributed by atoms with Crippen LogP contribution < -0.4 is 10.2 Å². The molecule has 0 aliphatic heterocycles. The number of benzene rings is 2. The first-order valence-corrected chi connectivity index (χ1v) is 12.0. The van der Waals surface area contributed by atoms with Gasteiger partial charge < -0.3 is 14.8 Å². The number of pyridine rings is 2. The number of hydrogen-bond acceptors (Lipinski definition) is 6. The summed E-state index contributed by atoms with van der Waals surface area (Å²) >= 11 is 0. The lowest BCUT2D eigenvalue weighted by atomic mass is 10.0. The third-order valence-electron chi connectivity index (χ3n) is 6.08. The molecule has 180 valence electrons. The molecule has 36 heavy (non-hydrogen) atoms. The van der Waals surface area contributed by atoms with Crippen LogP contribution in [0.25, 0.3) is 11.0 Å². The molecule has 7 nitrogen and oxygen atoms in total. The quantitative estimate of drug-likeness (QED) is 0.297. The maximum Gasteiger partial charge on any atom is 0.183 e. The van der Waals surface area contributed by atoms with Crippen molar-refractivity contribution in [3.05, 3.63) is 102 Å². The molecule has 0 saturated heterocycles. The Labute approximate surface area is 211 Å². The molecule has 3 aromatic heterocycles. The van der Waals surface area contributed by atoms with Crippen LogP contribution in [0.1, 0.15) is 23.6 Å². The van der Waals surface area contributed by atoms with Crippen LogP contribution in [0.15, 0.2) is 90.3 Å². The summed E-state index contributed by atoms with van der Waals surface area (Å²) in [5.74, 6) is 2.18. The Morgan fingerprint density at radius 1 is 0.944 bits per heavy atom. The molecule has 0 amide bonds. The van der Waals surface area contributed by atoms with Crippen LogP contribution >= 0.6 is 0 Å². The minimum atomic E-state index is 0.564. The Kier molecular flexibility index (Phi) is 6.45. The normalized spacial score (nSPS) is 10.9. The summed E-state index contributed by atoms with van der Waals surface area (Å²) in [7, 11) is 5.97. The number of nitrogens with one attached hydrogen (secondary N) is 1. The first-order valence-electron chi connectivity index (χ1n) is 12.0. The van der Waals surface area contributed by atoms with Gasteiger partial charge in [-0.25, -0.2) is 19.9 Å². The SMILES string of the molecule is CCc1cc(N(C)C)ncc1Nc1cc2c(ncn2C)c(N=C(c2ccccc2)c2ccccc2)n1. The highest BCUT2D eigenvalue weighted by atomic mass is 15.1. The average Bonchev–Trinajstić information content (AvgIpc) is 3.29. The number of aliphatic imine (C=N–C) groups is 1. The van der Waals surface area contributed by atoms with Crippen molar-refractivity contribution in [2.24, 2.45) is 12.0 Å². The zero-order valence-electron chi connectivity index (χ0n) is 21.0. The third kappa shape index (κ3) is 4.68. The van der Waals surface area contributed by atoms with E-state index in [4.69, 9.17) is 9.98 Å². The first-order chi connectivity index (χ1) is 17.5. The van der Waals surface area contributed by atoms with Crippen molar-refractivity contribution in [1.29, 1.82) is 0 Å². The highest BCUT2D eigenvalue weighted by Crippen LogP contribution is 2.30. The Balaban J connectivity index is 1.65. The molecule has 0 radical (unpaired) electrons. The summed E-state index contributed by atoms with van der Waals surface area (Å²) in [6.07, 6.45) is 4.53. The van der Waals surface area contributed by atoms with Crippen molar-refractivity contribution in [2.75, 3.05) is 24.3 Å². The van der Waals surface area contributed by atoms with E-state index in [0.717, 1.165) is 45.8 Å². The van der Waals surface area contributed by atoms with E-state index >= 15 is 0 Å². The van der Waals surface area contributed by atoms with Crippen molar-refractivity contribution < 1.29 is 0 Å². The van der Waals surface area contributed by atoms with E-state index in [1.54, 1.807) is 6.33 Å². The van der Waals surface area contributed by atoms with Crippen molar-refractivity contribution in [2.45, 2.75) is 13.3 Å². The lowest BCUT2D eigenvalue weighted by Gasteiger charge is -2.16. The molecule has 0 unspecified atom stereocenters. The Bertz CT molecular complexity index is 1480. The van der Waals surface area contributed by atoms with E-state index in [0.29, 0.717) is 11.6 Å². The number of aryl methyl sites for hydroxylation is 2. The molecule has 0 aliphatic rings. The number of hydrogen-bond donors (Lipinski definition) is 1. The van der Waals surface area contributed by atoms with E-state index < -0.39 is 0 Å². The molecule has 5 aromatic rings. The maximum atomic E-state index is 5.09. The molecule has 7 heteroatoms. The summed E-state index contributed by atoms with van der Waals surface area (Å²) < 4.78 is 1.99. The van der Waals surface area contributed by atoms with Crippen molar-refractivity contribution in [3.8, 4) is 0 Å². The van der Waals surface area contributed by atoms with E-state index in [9.17, 15) is 0 Å². The van der Waals surface area contributed by atoms with Gasteiger partial charge in [-0.05, 0) is 18.1 Å². The Morgan fingerprint density at radius 3 is 2.22 bits per heavy atom. The highest BCUT2D eigenvalue weighted by Gasteiger charge is 2.15. The monoisotopic (exact) mass is 475 g/mol. The smallest absolute Gasteiger partial charge is 0.183 e. The molecule has 0 atom stereocenters. The highest BCUT2D eigenvalue weighted by molar-refractivity contribution is 6.14. The average molecular weight is 476 g/mol. The molecule has 1 N–H and O–H groups in total. The van der Waals surface area contributed by atoms with Gasteiger partial charge >= 0.3 is 0 Å². The van der Waals surface area contributed by atoms with Gasteiger partial charge in [0.05, 0.1) is 29.4 Å². The van der Waals surface area contributed by atoms with Gasteiger partial charge in [-0.1, -0.05) is 67.6 Å². The molecule has 2 aromatic carbocycles. The zero-order chi connectivity index (χ0) is 25.1. The van der Waals surface area contributed by atoms with Gasteiger partial charge in [0.2, 0.25) is 0 Å². The number of fused-ring (bicyclic) bond motifs is 1. The van der Waals surface area contributed by atoms with Crippen LogP contribution in [0.4, 0.5) is 23.1 Å². The molecular formula is C29H29N7.